The molecule has 0 nitrogen and oxygen atoms in total. The molecule has 0 radical (unpaired) electrons. The van der Waals surface area contributed by atoms with Crippen molar-refractivity contribution in [1.29, 1.82) is 0 Å². The summed E-state index contributed by atoms with van der Waals surface area (Å²) < 4.78 is 0. The van der Waals surface area contributed by atoms with Gasteiger partial charge < -0.3 is 37.2 Å². The van der Waals surface area contributed by atoms with Gasteiger partial charge in [0.05, 0.1) is 0 Å². The summed E-state index contributed by atoms with van der Waals surface area (Å²) in [7, 11) is 0. The third kappa shape index (κ3) is 6.22. The number of hydrogen-bond donors (Lipinski definition) is 0. The van der Waals surface area contributed by atoms with Crippen molar-refractivity contribution in [2.75, 3.05) is 0 Å². The number of benzene rings is 2. The molecule has 0 saturated heterocycles. The van der Waals surface area contributed by atoms with Crippen LogP contribution >= 0.6 is 0 Å². The molecule has 0 fully saturated rings. The summed E-state index contributed by atoms with van der Waals surface area (Å²) in [5.74, 6) is 0.313. The van der Waals surface area contributed by atoms with Crippen molar-refractivity contribution in [1.82, 2.24) is 0 Å². The van der Waals surface area contributed by atoms with Crippen molar-refractivity contribution in [3.63, 3.8) is 0 Å². The molecule has 0 aliphatic carbocycles. The summed E-state index contributed by atoms with van der Waals surface area (Å²) in [4.78, 5) is 0. The van der Waals surface area contributed by atoms with Crippen molar-refractivity contribution in [2.45, 2.75) is 33.6 Å². The SMILES string of the molecule is Cc1cccc(C(c2cccc(C)c2)[c-]2cc(C)cc2C)c1.[Cl-].[Cl-].[Cl-].[Ti+4]. The van der Waals surface area contributed by atoms with Crippen LogP contribution in [0.1, 0.15) is 44.9 Å². The molecule has 136 valence electrons. The molecule has 0 bridgehead atoms. The molecule has 4 heteroatoms. The molecule has 0 aliphatic heterocycles. The van der Waals surface area contributed by atoms with Gasteiger partial charge in [0.2, 0.25) is 0 Å². The van der Waals surface area contributed by atoms with Gasteiger partial charge in [0, 0.05) is 0 Å². The summed E-state index contributed by atoms with van der Waals surface area (Å²) in [5.41, 5.74) is 9.53. The standard InChI is InChI=1S/C22H23.3ClH.Ti/c1-15-7-5-9-19(12-15)22(20-10-6-8-16(2)13-20)21-14-17(3)11-18(21)4;;;;/h5-14,22H,1-4H3;3*1H;/q-1;;;;+4/p-3. The fraction of sp³-hybridized carbons (Fsp3) is 0.227. The second-order valence-electron chi connectivity index (χ2n) is 6.43. The van der Waals surface area contributed by atoms with Crippen LogP contribution in [0.2, 0.25) is 0 Å². The summed E-state index contributed by atoms with van der Waals surface area (Å²) in [6, 6.07) is 22.4. The van der Waals surface area contributed by atoms with Crippen molar-refractivity contribution in [3.8, 4) is 0 Å². The van der Waals surface area contributed by atoms with E-state index >= 15 is 0 Å². The maximum atomic E-state index is 2.34. The van der Waals surface area contributed by atoms with Crippen LogP contribution in [0.3, 0.4) is 0 Å². The molecular weight excluding hydrogens is 418 g/mol. The minimum Gasteiger partial charge on any atom is -1.00 e. The minimum atomic E-state index is 0. The van der Waals surface area contributed by atoms with E-state index in [1.165, 1.54) is 38.9 Å². The molecule has 0 aliphatic rings. The average molecular weight is 442 g/mol. The third-order valence-electron chi connectivity index (χ3n) is 4.34. The Kier molecular flexibility index (Phi) is 12.7. The normalized spacial score (nSPS) is 9.42. The fourth-order valence-electron chi connectivity index (χ4n) is 3.39. The molecule has 3 aromatic carbocycles. The van der Waals surface area contributed by atoms with Crippen LogP contribution in [0.5, 0.6) is 0 Å². The molecule has 0 amide bonds. The van der Waals surface area contributed by atoms with Gasteiger partial charge in [0.1, 0.15) is 0 Å². The Bertz CT molecular complexity index is 763. The molecule has 26 heavy (non-hydrogen) atoms. The molecule has 0 saturated carbocycles. The molecular formula is C22H23Cl3Ti. The minimum absolute atomic E-state index is 0. The van der Waals surface area contributed by atoms with E-state index in [-0.39, 0.29) is 58.9 Å². The Morgan fingerprint density at radius 1 is 0.654 bits per heavy atom. The zero-order chi connectivity index (χ0) is 15.7. The van der Waals surface area contributed by atoms with Gasteiger partial charge in [-0.2, -0.15) is 11.6 Å². The van der Waals surface area contributed by atoms with Gasteiger partial charge in [-0.15, -0.1) is 5.56 Å². The van der Waals surface area contributed by atoms with Crippen LogP contribution in [0.25, 0.3) is 0 Å². The quantitative estimate of drug-likeness (QED) is 0.297. The topological polar surface area (TPSA) is 0 Å². The first-order chi connectivity index (χ1) is 10.5. The Labute approximate surface area is 191 Å². The van der Waals surface area contributed by atoms with Gasteiger partial charge in [0.25, 0.3) is 0 Å². The van der Waals surface area contributed by atoms with Crippen LogP contribution in [0.15, 0.2) is 60.7 Å². The van der Waals surface area contributed by atoms with Gasteiger partial charge in [-0.3, -0.25) is 0 Å². The van der Waals surface area contributed by atoms with Crippen molar-refractivity contribution in [3.05, 3.63) is 99.6 Å². The average Bonchev–Trinajstić information content (AvgIpc) is 2.78. The van der Waals surface area contributed by atoms with E-state index in [4.69, 9.17) is 0 Å². The van der Waals surface area contributed by atoms with Gasteiger partial charge >= 0.3 is 21.7 Å². The summed E-state index contributed by atoms with van der Waals surface area (Å²) >= 11 is 0. The first kappa shape index (κ1) is 27.6. The molecule has 0 atom stereocenters. The molecule has 3 rings (SSSR count). The number of hydrogen-bond acceptors (Lipinski definition) is 0. The largest absolute Gasteiger partial charge is 4.00 e. The van der Waals surface area contributed by atoms with E-state index in [1.807, 2.05) is 0 Å². The smallest absolute Gasteiger partial charge is 1.00 e. The van der Waals surface area contributed by atoms with E-state index in [2.05, 4.69) is 88.4 Å². The Morgan fingerprint density at radius 2 is 1.12 bits per heavy atom. The van der Waals surface area contributed by atoms with Gasteiger partial charge in [-0.05, 0) is 30.9 Å². The van der Waals surface area contributed by atoms with Crippen LogP contribution in [0, 0.1) is 27.7 Å². The number of halogens is 3. The van der Waals surface area contributed by atoms with E-state index < -0.39 is 0 Å². The van der Waals surface area contributed by atoms with Crippen LogP contribution in [-0.2, 0) is 21.7 Å². The van der Waals surface area contributed by atoms with Gasteiger partial charge in [-0.1, -0.05) is 73.5 Å². The Hall–Kier alpha value is -0.626. The number of aryl methyl sites for hydroxylation is 4. The van der Waals surface area contributed by atoms with Crippen molar-refractivity contribution >= 4 is 0 Å². The predicted octanol–water partition coefficient (Wildman–Crippen LogP) is -3.17. The fourth-order valence-corrected chi connectivity index (χ4v) is 3.39. The van der Waals surface area contributed by atoms with Crippen molar-refractivity contribution < 1.29 is 58.9 Å². The summed E-state index contributed by atoms with van der Waals surface area (Å²) in [6.45, 7) is 8.74. The second kappa shape index (κ2) is 12.0. The zero-order valence-corrected chi connectivity index (χ0v) is 19.3. The van der Waals surface area contributed by atoms with Crippen LogP contribution < -0.4 is 37.2 Å². The van der Waals surface area contributed by atoms with E-state index in [1.54, 1.807) is 0 Å². The summed E-state index contributed by atoms with van der Waals surface area (Å²) in [6.07, 6.45) is 0. The maximum absolute atomic E-state index is 2.34. The first-order valence-corrected chi connectivity index (χ1v) is 7.91. The zero-order valence-electron chi connectivity index (χ0n) is 15.5. The van der Waals surface area contributed by atoms with Crippen LogP contribution in [-0.4, -0.2) is 0 Å². The Morgan fingerprint density at radius 3 is 1.46 bits per heavy atom. The molecule has 0 spiro atoms. The molecule has 3 aromatic rings. The number of rotatable bonds is 3. The second-order valence-corrected chi connectivity index (χ2v) is 6.43. The molecule has 0 heterocycles. The first-order valence-electron chi connectivity index (χ1n) is 7.91. The third-order valence-corrected chi connectivity index (χ3v) is 4.34. The van der Waals surface area contributed by atoms with E-state index in [0.717, 1.165) is 0 Å². The Balaban J connectivity index is 0. The van der Waals surface area contributed by atoms with Crippen molar-refractivity contribution in [2.24, 2.45) is 0 Å². The predicted molar refractivity (Wildman–Crippen MR) is 94.8 cm³/mol. The van der Waals surface area contributed by atoms with Crippen LogP contribution in [0.4, 0.5) is 0 Å². The van der Waals surface area contributed by atoms with Gasteiger partial charge in [0.15, 0.2) is 0 Å². The van der Waals surface area contributed by atoms with E-state index in [9.17, 15) is 0 Å². The molecule has 0 N–H and O–H groups in total. The van der Waals surface area contributed by atoms with Gasteiger partial charge in [-0.25, -0.2) is 11.6 Å². The van der Waals surface area contributed by atoms with E-state index in [0.29, 0.717) is 5.92 Å². The maximum Gasteiger partial charge on any atom is 4.00 e. The monoisotopic (exact) mass is 440 g/mol. The molecule has 0 unspecified atom stereocenters. The molecule has 0 aromatic heterocycles. The summed E-state index contributed by atoms with van der Waals surface area (Å²) in [5, 5.41) is 0.